The fourth-order valence-corrected chi connectivity index (χ4v) is 4.90. The van der Waals surface area contributed by atoms with Gasteiger partial charge in [0, 0.05) is 29.3 Å². The van der Waals surface area contributed by atoms with E-state index in [1.54, 1.807) is 12.1 Å². The maximum atomic E-state index is 9.75. The van der Waals surface area contributed by atoms with E-state index in [1.165, 1.54) is 29.8 Å². The molecule has 1 saturated carbocycles. The number of pyridine rings is 1. The lowest BCUT2D eigenvalue weighted by Gasteiger charge is -2.28. The molecule has 1 aliphatic carbocycles. The maximum Gasteiger partial charge on any atom is 0.174 e. The van der Waals surface area contributed by atoms with E-state index in [-0.39, 0.29) is 17.8 Å². The lowest BCUT2D eigenvalue weighted by Crippen LogP contribution is -2.29. The highest BCUT2D eigenvalue weighted by molar-refractivity contribution is 7.80. The van der Waals surface area contributed by atoms with Crippen molar-refractivity contribution in [1.29, 1.82) is 0 Å². The smallest absolute Gasteiger partial charge is 0.174 e. The van der Waals surface area contributed by atoms with Crippen molar-refractivity contribution in [2.45, 2.75) is 44.8 Å². The molecule has 148 valence electrons. The fraction of sp³-hybridized carbons (Fsp3) is 0.304. The van der Waals surface area contributed by atoms with Crippen molar-refractivity contribution in [2.75, 3.05) is 4.90 Å². The SMILES string of the molecule is Cc1cc([C@H]2[C@H](c3ccccn3)NC(=S)N2c2ccc(O)cc2)c(C)n1C1CC1. The third-order valence-electron chi connectivity index (χ3n) is 5.98. The summed E-state index contributed by atoms with van der Waals surface area (Å²) in [4.78, 5) is 6.78. The van der Waals surface area contributed by atoms with Gasteiger partial charge in [-0.2, -0.15) is 0 Å². The molecular formula is C23H24N4OS. The molecule has 2 aliphatic rings. The Kier molecular flexibility index (Phi) is 4.32. The molecule has 1 aromatic carbocycles. The van der Waals surface area contributed by atoms with Crippen molar-refractivity contribution >= 4 is 23.0 Å². The Morgan fingerprint density at radius 1 is 1.10 bits per heavy atom. The van der Waals surface area contributed by atoms with Crippen LogP contribution in [-0.2, 0) is 0 Å². The van der Waals surface area contributed by atoms with Crippen molar-refractivity contribution in [1.82, 2.24) is 14.9 Å². The van der Waals surface area contributed by atoms with Crippen molar-refractivity contribution in [3.8, 4) is 5.75 Å². The summed E-state index contributed by atoms with van der Waals surface area (Å²) in [6, 6.07) is 16.1. The van der Waals surface area contributed by atoms with Gasteiger partial charge in [0.2, 0.25) is 0 Å². The first kappa shape index (κ1) is 18.2. The molecule has 6 heteroatoms. The average Bonchev–Trinajstić information content (AvgIpc) is 3.43. The number of benzene rings is 1. The van der Waals surface area contributed by atoms with Crippen molar-refractivity contribution in [3.63, 3.8) is 0 Å². The highest BCUT2D eigenvalue weighted by Gasteiger charge is 2.42. The van der Waals surface area contributed by atoms with Gasteiger partial charge in [-0.15, -0.1) is 0 Å². The summed E-state index contributed by atoms with van der Waals surface area (Å²) in [5, 5.41) is 13.9. The Hall–Kier alpha value is -2.86. The lowest BCUT2D eigenvalue weighted by atomic mass is 9.96. The Labute approximate surface area is 176 Å². The zero-order valence-corrected chi connectivity index (χ0v) is 17.4. The number of aromatic hydroxyl groups is 1. The second-order valence-corrected chi connectivity index (χ2v) is 8.33. The number of nitrogens with one attached hydrogen (secondary N) is 1. The van der Waals surface area contributed by atoms with Crippen LogP contribution in [0.1, 0.15) is 53.6 Å². The molecular weight excluding hydrogens is 380 g/mol. The normalized spacial score (nSPS) is 21.4. The number of phenols is 1. The molecule has 0 radical (unpaired) electrons. The van der Waals surface area contributed by atoms with Gasteiger partial charge in [0.25, 0.3) is 0 Å². The summed E-state index contributed by atoms with van der Waals surface area (Å²) in [5.74, 6) is 0.247. The summed E-state index contributed by atoms with van der Waals surface area (Å²) in [6.45, 7) is 4.41. The van der Waals surface area contributed by atoms with E-state index in [9.17, 15) is 5.11 Å². The predicted octanol–water partition coefficient (Wildman–Crippen LogP) is 4.72. The number of hydrogen-bond acceptors (Lipinski definition) is 3. The van der Waals surface area contributed by atoms with E-state index in [0.717, 1.165) is 11.4 Å². The van der Waals surface area contributed by atoms with Crippen LogP contribution >= 0.6 is 12.2 Å². The van der Waals surface area contributed by atoms with Gasteiger partial charge in [0.15, 0.2) is 5.11 Å². The van der Waals surface area contributed by atoms with Gasteiger partial charge in [-0.25, -0.2) is 0 Å². The third-order valence-corrected chi connectivity index (χ3v) is 6.29. The van der Waals surface area contributed by atoms with Gasteiger partial charge in [0.1, 0.15) is 5.75 Å². The first-order valence-corrected chi connectivity index (χ1v) is 10.4. The van der Waals surface area contributed by atoms with E-state index in [4.69, 9.17) is 12.2 Å². The minimum absolute atomic E-state index is 0.0133. The van der Waals surface area contributed by atoms with Crippen LogP contribution in [0.15, 0.2) is 54.7 Å². The van der Waals surface area contributed by atoms with Crippen LogP contribution in [0.5, 0.6) is 5.75 Å². The Morgan fingerprint density at radius 3 is 2.52 bits per heavy atom. The van der Waals surface area contributed by atoms with Crippen molar-refractivity contribution < 1.29 is 5.11 Å². The van der Waals surface area contributed by atoms with Gasteiger partial charge >= 0.3 is 0 Å². The van der Waals surface area contributed by atoms with Crippen LogP contribution in [0.25, 0.3) is 0 Å². The third kappa shape index (κ3) is 3.08. The topological polar surface area (TPSA) is 53.3 Å². The van der Waals surface area contributed by atoms with E-state index in [1.807, 2.05) is 36.5 Å². The number of nitrogens with zero attached hydrogens (tertiary/aromatic N) is 3. The van der Waals surface area contributed by atoms with Crippen LogP contribution in [0, 0.1) is 13.8 Å². The molecule has 2 aromatic heterocycles. The summed E-state index contributed by atoms with van der Waals surface area (Å²) < 4.78 is 2.47. The monoisotopic (exact) mass is 404 g/mol. The number of hydrogen-bond donors (Lipinski definition) is 2. The number of anilines is 1. The molecule has 2 fully saturated rings. The molecule has 5 nitrogen and oxygen atoms in total. The minimum Gasteiger partial charge on any atom is -0.508 e. The summed E-state index contributed by atoms with van der Waals surface area (Å²) in [7, 11) is 0. The lowest BCUT2D eigenvalue weighted by molar-refractivity contribution is 0.475. The number of thiocarbonyl (C=S) groups is 1. The van der Waals surface area contributed by atoms with Gasteiger partial charge in [-0.3, -0.25) is 4.98 Å². The number of phenolic OH excluding ortho intramolecular Hbond substituents is 1. The summed E-state index contributed by atoms with van der Waals surface area (Å²) in [5.41, 5.74) is 5.79. The van der Waals surface area contributed by atoms with Crippen LogP contribution < -0.4 is 10.2 Å². The summed E-state index contributed by atoms with van der Waals surface area (Å²) in [6.07, 6.45) is 4.33. The fourth-order valence-electron chi connectivity index (χ4n) is 4.56. The number of aromatic nitrogens is 2. The molecule has 3 heterocycles. The van der Waals surface area contributed by atoms with E-state index in [0.29, 0.717) is 11.2 Å². The molecule has 5 rings (SSSR count). The van der Waals surface area contributed by atoms with Crippen molar-refractivity contribution in [3.05, 3.63) is 77.4 Å². The molecule has 2 N–H and O–H groups in total. The molecule has 2 atom stereocenters. The minimum atomic E-state index is -0.0503. The van der Waals surface area contributed by atoms with Crippen LogP contribution in [0.4, 0.5) is 5.69 Å². The number of aryl methyl sites for hydroxylation is 1. The molecule has 0 amide bonds. The first-order valence-electron chi connectivity index (χ1n) is 10.0. The zero-order valence-electron chi connectivity index (χ0n) is 16.5. The second-order valence-electron chi connectivity index (χ2n) is 7.94. The zero-order chi connectivity index (χ0) is 20.1. The molecule has 29 heavy (non-hydrogen) atoms. The molecule has 0 bridgehead atoms. The van der Waals surface area contributed by atoms with Gasteiger partial charge in [-0.05, 0) is 86.9 Å². The van der Waals surface area contributed by atoms with Gasteiger partial charge in [-0.1, -0.05) is 6.07 Å². The molecule has 1 aliphatic heterocycles. The van der Waals surface area contributed by atoms with Crippen molar-refractivity contribution in [2.24, 2.45) is 0 Å². The molecule has 1 saturated heterocycles. The second kappa shape index (κ2) is 6.88. The Morgan fingerprint density at radius 2 is 1.86 bits per heavy atom. The highest BCUT2D eigenvalue weighted by atomic mass is 32.1. The summed E-state index contributed by atoms with van der Waals surface area (Å²) >= 11 is 5.77. The quantitative estimate of drug-likeness (QED) is 0.617. The maximum absolute atomic E-state index is 9.75. The largest absolute Gasteiger partial charge is 0.508 e. The van der Waals surface area contributed by atoms with E-state index >= 15 is 0 Å². The standard InChI is InChI=1S/C23H24N4OS/c1-14-13-19(15(2)26(14)16-6-7-16)22-21(20-5-3-4-12-24-20)25-23(29)27(22)17-8-10-18(28)11-9-17/h3-5,8-13,16,21-22,28H,6-7H2,1-2H3,(H,25,29)/t21-,22-/m0/s1. The average molecular weight is 405 g/mol. The van der Waals surface area contributed by atoms with E-state index < -0.39 is 0 Å². The van der Waals surface area contributed by atoms with Gasteiger partial charge < -0.3 is 19.9 Å². The van der Waals surface area contributed by atoms with Crippen LogP contribution in [-0.4, -0.2) is 19.8 Å². The Bertz CT molecular complexity index is 1060. The van der Waals surface area contributed by atoms with Crippen LogP contribution in [0.3, 0.4) is 0 Å². The first-order chi connectivity index (χ1) is 14.0. The van der Waals surface area contributed by atoms with E-state index in [2.05, 4.69) is 39.7 Å². The number of rotatable bonds is 4. The highest BCUT2D eigenvalue weighted by Crippen LogP contribution is 2.46. The Balaban J connectivity index is 1.66. The van der Waals surface area contributed by atoms with Gasteiger partial charge in [0.05, 0.1) is 17.8 Å². The van der Waals surface area contributed by atoms with Crippen LogP contribution in [0.2, 0.25) is 0 Å². The molecule has 0 unspecified atom stereocenters. The molecule has 3 aromatic rings. The predicted molar refractivity (Wildman–Crippen MR) is 118 cm³/mol. The molecule has 0 spiro atoms.